The highest BCUT2D eigenvalue weighted by atomic mass is 35.5. The summed E-state index contributed by atoms with van der Waals surface area (Å²) >= 11 is 7.68. The molecule has 2 aliphatic rings. The van der Waals surface area contributed by atoms with Gasteiger partial charge in [0.15, 0.2) is 0 Å². The SMILES string of the molecule is N#CC1(NC(=O)C2CC(Sc3ncccc3Cl)CN2)CC1. The maximum absolute atomic E-state index is 12.1. The first-order chi connectivity index (χ1) is 10.1. The first kappa shape index (κ1) is 14.6. The number of pyridine rings is 1. The fraction of sp³-hybridized carbons (Fsp3) is 0.500. The van der Waals surface area contributed by atoms with Gasteiger partial charge in [0, 0.05) is 18.0 Å². The first-order valence-electron chi connectivity index (χ1n) is 6.86. The van der Waals surface area contributed by atoms with Crippen molar-refractivity contribution < 1.29 is 4.79 Å². The number of thioether (sulfide) groups is 1. The van der Waals surface area contributed by atoms with E-state index in [4.69, 9.17) is 16.9 Å². The van der Waals surface area contributed by atoms with Crippen molar-refractivity contribution in [2.75, 3.05) is 6.54 Å². The van der Waals surface area contributed by atoms with Gasteiger partial charge >= 0.3 is 0 Å². The van der Waals surface area contributed by atoms with Crippen molar-refractivity contribution in [3.05, 3.63) is 23.4 Å². The van der Waals surface area contributed by atoms with Gasteiger partial charge in [-0.15, -0.1) is 11.8 Å². The third-order valence-electron chi connectivity index (χ3n) is 3.74. The van der Waals surface area contributed by atoms with E-state index in [9.17, 15) is 4.79 Å². The minimum absolute atomic E-state index is 0.0794. The molecule has 2 heterocycles. The van der Waals surface area contributed by atoms with E-state index in [1.165, 1.54) is 0 Å². The molecule has 21 heavy (non-hydrogen) atoms. The van der Waals surface area contributed by atoms with Gasteiger partial charge in [-0.2, -0.15) is 5.26 Å². The lowest BCUT2D eigenvalue weighted by Gasteiger charge is -2.14. The van der Waals surface area contributed by atoms with Gasteiger partial charge in [0.05, 0.1) is 17.1 Å². The number of rotatable bonds is 4. The number of carbonyl (C=O) groups excluding carboxylic acids is 1. The molecule has 0 aromatic carbocycles. The van der Waals surface area contributed by atoms with E-state index in [2.05, 4.69) is 21.7 Å². The van der Waals surface area contributed by atoms with Gasteiger partial charge in [-0.25, -0.2) is 4.98 Å². The van der Waals surface area contributed by atoms with E-state index in [1.807, 2.05) is 6.07 Å². The molecule has 0 bridgehead atoms. The van der Waals surface area contributed by atoms with Gasteiger partial charge in [0.25, 0.3) is 0 Å². The third kappa shape index (κ3) is 3.31. The van der Waals surface area contributed by atoms with Crippen molar-refractivity contribution in [2.45, 2.75) is 41.1 Å². The lowest BCUT2D eigenvalue weighted by molar-refractivity contribution is -0.123. The molecule has 0 radical (unpaired) electrons. The minimum atomic E-state index is -0.603. The van der Waals surface area contributed by atoms with Crippen LogP contribution >= 0.6 is 23.4 Å². The minimum Gasteiger partial charge on any atom is -0.336 e. The van der Waals surface area contributed by atoms with Crippen LogP contribution in [-0.2, 0) is 4.79 Å². The van der Waals surface area contributed by atoms with E-state index in [0.29, 0.717) is 11.4 Å². The maximum Gasteiger partial charge on any atom is 0.238 e. The number of nitrogens with zero attached hydrogens (tertiary/aromatic N) is 2. The predicted octanol–water partition coefficient (Wildman–Crippen LogP) is 1.73. The zero-order valence-electron chi connectivity index (χ0n) is 11.3. The molecular formula is C14H15ClN4OS. The molecule has 1 saturated heterocycles. The Kier molecular flexibility index (Phi) is 4.07. The van der Waals surface area contributed by atoms with Crippen LogP contribution in [0.3, 0.4) is 0 Å². The van der Waals surface area contributed by atoms with Gasteiger partial charge in [0.2, 0.25) is 5.91 Å². The molecule has 1 saturated carbocycles. The number of nitrogens with one attached hydrogen (secondary N) is 2. The normalized spacial score (nSPS) is 26.1. The van der Waals surface area contributed by atoms with Crippen LogP contribution in [0.2, 0.25) is 5.02 Å². The molecule has 1 amide bonds. The number of hydrogen-bond donors (Lipinski definition) is 2. The molecular weight excluding hydrogens is 308 g/mol. The fourth-order valence-corrected chi connectivity index (χ4v) is 3.66. The van der Waals surface area contributed by atoms with Crippen LogP contribution in [-0.4, -0.2) is 34.3 Å². The van der Waals surface area contributed by atoms with Crippen LogP contribution in [0.5, 0.6) is 0 Å². The quantitative estimate of drug-likeness (QED) is 0.882. The molecule has 2 unspecified atom stereocenters. The van der Waals surface area contributed by atoms with Crippen LogP contribution in [0.15, 0.2) is 23.4 Å². The Bertz CT molecular complexity index is 599. The molecule has 1 aliphatic heterocycles. The van der Waals surface area contributed by atoms with Gasteiger partial charge < -0.3 is 10.6 Å². The van der Waals surface area contributed by atoms with Crippen molar-refractivity contribution in [3.63, 3.8) is 0 Å². The molecule has 7 heteroatoms. The van der Waals surface area contributed by atoms with Gasteiger partial charge in [-0.05, 0) is 31.4 Å². The zero-order valence-corrected chi connectivity index (χ0v) is 12.9. The van der Waals surface area contributed by atoms with Gasteiger partial charge in [0.1, 0.15) is 10.6 Å². The second-order valence-corrected chi connectivity index (χ2v) is 7.11. The number of carbonyl (C=O) groups is 1. The Hall–Kier alpha value is -1.29. The van der Waals surface area contributed by atoms with Crippen LogP contribution in [0.1, 0.15) is 19.3 Å². The fourth-order valence-electron chi connectivity index (χ4n) is 2.32. The summed E-state index contributed by atoms with van der Waals surface area (Å²) < 4.78 is 0. The molecule has 3 rings (SSSR count). The van der Waals surface area contributed by atoms with E-state index < -0.39 is 5.54 Å². The highest BCUT2D eigenvalue weighted by Crippen LogP contribution is 2.35. The highest BCUT2D eigenvalue weighted by Gasteiger charge is 2.46. The summed E-state index contributed by atoms with van der Waals surface area (Å²) in [5.74, 6) is -0.0794. The Morgan fingerprint density at radius 1 is 1.62 bits per heavy atom. The van der Waals surface area contributed by atoms with Crippen molar-refractivity contribution in [3.8, 4) is 6.07 Å². The standard InChI is InChI=1S/C14H15ClN4OS/c15-10-2-1-5-17-13(10)21-9-6-11(18-7-9)12(20)19-14(8-16)3-4-14/h1-2,5,9,11,18H,3-4,6-7H2,(H,19,20). The summed E-state index contributed by atoms with van der Waals surface area (Å²) in [5.41, 5.74) is -0.603. The van der Waals surface area contributed by atoms with Crippen molar-refractivity contribution in [1.29, 1.82) is 5.26 Å². The van der Waals surface area contributed by atoms with E-state index in [1.54, 1.807) is 24.0 Å². The monoisotopic (exact) mass is 322 g/mol. The van der Waals surface area contributed by atoms with E-state index in [0.717, 1.165) is 24.4 Å². The average Bonchev–Trinajstić information content (AvgIpc) is 3.09. The molecule has 1 aromatic heterocycles. The number of hydrogen-bond acceptors (Lipinski definition) is 5. The Morgan fingerprint density at radius 3 is 3.10 bits per heavy atom. The molecule has 1 aliphatic carbocycles. The summed E-state index contributed by atoms with van der Waals surface area (Å²) in [7, 11) is 0. The zero-order chi connectivity index (χ0) is 14.9. The summed E-state index contributed by atoms with van der Waals surface area (Å²) in [6.07, 6.45) is 3.93. The Balaban J connectivity index is 1.55. The highest BCUT2D eigenvalue weighted by molar-refractivity contribution is 8.00. The summed E-state index contributed by atoms with van der Waals surface area (Å²) in [5, 5.41) is 16.7. The Morgan fingerprint density at radius 2 is 2.43 bits per heavy atom. The maximum atomic E-state index is 12.1. The lowest BCUT2D eigenvalue weighted by atomic mass is 10.2. The average molecular weight is 323 g/mol. The Labute approximate surface area is 132 Å². The van der Waals surface area contributed by atoms with E-state index >= 15 is 0 Å². The van der Waals surface area contributed by atoms with Crippen molar-refractivity contribution in [2.24, 2.45) is 0 Å². The van der Waals surface area contributed by atoms with Gasteiger partial charge in [-0.1, -0.05) is 11.6 Å². The van der Waals surface area contributed by atoms with E-state index in [-0.39, 0.29) is 17.2 Å². The molecule has 2 N–H and O–H groups in total. The molecule has 5 nitrogen and oxygen atoms in total. The summed E-state index contributed by atoms with van der Waals surface area (Å²) in [4.78, 5) is 16.4. The smallest absolute Gasteiger partial charge is 0.238 e. The number of halogens is 1. The van der Waals surface area contributed by atoms with Gasteiger partial charge in [-0.3, -0.25) is 4.79 Å². The van der Waals surface area contributed by atoms with Crippen molar-refractivity contribution >= 4 is 29.3 Å². The number of aromatic nitrogens is 1. The van der Waals surface area contributed by atoms with Crippen LogP contribution in [0.25, 0.3) is 0 Å². The molecule has 0 spiro atoms. The first-order valence-corrected chi connectivity index (χ1v) is 8.11. The molecule has 2 fully saturated rings. The second-order valence-electron chi connectivity index (χ2n) is 5.41. The number of nitriles is 1. The van der Waals surface area contributed by atoms with Crippen LogP contribution < -0.4 is 10.6 Å². The van der Waals surface area contributed by atoms with Crippen LogP contribution in [0.4, 0.5) is 0 Å². The predicted molar refractivity (Wildman–Crippen MR) is 81.0 cm³/mol. The molecule has 2 atom stereocenters. The largest absolute Gasteiger partial charge is 0.336 e. The second kappa shape index (κ2) is 5.84. The number of amides is 1. The summed E-state index contributed by atoms with van der Waals surface area (Å²) in [6, 6.07) is 5.54. The topological polar surface area (TPSA) is 77.8 Å². The van der Waals surface area contributed by atoms with Crippen molar-refractivity contribution in [1.82, 2.24) is 15.6 Å². The molecule has 1 aromatic rings. The molecule has 110 valence electrons. The third-order valence-corrected chi connectivity index (χ3v) is 5.39. The lowest BCUT2D eigenvalue weighted by Crippen LogP contribution is -2.45. The van der Waals surface area contributed by atoms with Crippen LogP contribution in [0, 0.1) is 11.3 Å². The summed E-state index contributed by atoms with van der Waals surface area (Å²) in [6.45, 7) is 0.731.